The number of ether oxygens (including phenoxy) is 1. The van der Waals surface area contributed by atoms with Gasteiger partial charge in [-0.3, -0.25) is 9.69 Å². The van der Waals surface area contributed by atoms with E-state index in [9.17, 15) is 9.59 Å². The lowest BCUT2D eigenvalue weighted by Crippen LogP contribution is -2.35. The van der Waals surface area contributed by atoms with Crippen LogP contribution in [-0.4, -0.2) is 47.0 Å². The largest absolute Gasteiger partial charge is 0.495 e. The lowest BCUT2D eigenvalue weighted by molar-refractivity contribution is 0.103. The SMILES string of the molecule is COc1cc(N2C(=O)Nc3c(C(=O)Nc4ccc(CN5CCCCC5)cc4)sc4ncnc2c34)ccc1Br. The molecule has 3 amide bonds. The number of methoxy groups -OCH3 is 1. The number of hydrogen-bond acceptors (Lipinski definition) is 7. The monoisotopic (exact) mass is 592 g/mol. The predicted octanol–water partition coefficient (Wildman–Crippen LogP) is 6.38. The van der Waals surface area contributed by atoms with Gasteiger partial charge < -0.3 is 15.4 Å². The van der Waals surface area contributed by atoms with Gasteiger partial charge in [-0.15, -0.1) is 11.3 Å². The zero-order valence-electron chi connectivity index (χ0n) is 20.7. The first-order valence-corrected chi connectivity index (χ1v) is 14.0. The van der Waals surface area contributed by atoms with Gasteiger partial charge in [-0.2, -0.15) is 0 Å². The van der Waals surface area contributed by atoms with Crippen molar-refractivity contribution in [3.05, 3.63) is 63.7 Å². The van der Waals surface area contributed by atoms with Crippen molar-refractivity contribution in [3.8, 4) is 5.75 Å². The number of anilines is 4. The molecule has 6 rings (SSSR count). The van der Waals surface area contributed by atoms with E-state index in [1.54, 1.807) is 25.3 Å². The molecule has 0 spiro atoms. The molecule has 0 saturated carbocycles. The Morgan fingerprint density at radius 3 is 2.68 bits per heavy atom. The molecule has 9 nitrogen and oxygen atoms in total. The highest BCUT2D eigenvalue weighted by molar-refractivity contribution is 9.10. The smallest absolute Gasteiger partial charge is 0.332 e. The minimum Gasteiger partial charge on any atom is -0.495 e. The normalized spacial score (nSPS) is 15.4. The van der Waals surface area contributed by atoms with Crippen molar-refractivity contribution >= 4 is 72.3 Å². The summed E-state index contributed by atoms with van der Waals surface area (Å²) in [7, 11) is 1.56. The third-order valence-electron chi connectivity index (χ3n) is 6.78. The maximum atomic E-state index is 13.3. The molecule has 0 aliphatic carbocycles. The van der Waals surface area contributed by atoms with E-state index in [1.807, 2.05) is 12.1 Å². The quantitative estimate of drug-likeness (QED) is 0.269. The van der Waals surface area contributed by atoms with E-state index in [2.05, 4.69) is 53.6 Å². The van der Waals surface area contributed by atoms with Gasteiger partial charge in [-0.05, 0) is 71.7 Å². The summed E-state index contributed by atoms with van der Waals surface area (Å²) in [6.45, 7) is 3.19. The van der Waals surface area contributed by atoms with Crippen LogP contribution >= 0.6 is 27.3 Å². The molecule has 194 valence electrons. The van der Waals surface area contributed by atoms with Crippen LogP contribution in [0.1, 0.15) is 34.5 Å². The first-order valence-electron chi connectivity index (χ1n) is 12.4. The maximum absolute atomic E-state index is 13.3. The molecule has 4 heterocycles. The van der Waals surface area contributed by atoms with Gasteiger partial charge in [-0.25, -0.2) is 19.7 Å². The van der Waals surface area contributed by atoms with Gasteiger partial charge in [-0.1, -0.05) is 18.6 Å². The lowest BCUT2D eigenvalue weighted by atomic mass is 10.1. The number of carbonyl (C=O) groups is 2. The molecule has 2 aliphatic heterocycles. The molecule has 4 aromatic rings. The Morgan fingerprint density at radius 1 is 1.13 bits per heavy atom. The number of thiophene rings is 1. The molecule has 2 aromatic heterocycles. The second-order valence-electron chi connectivity index (χ2n) is 9.26. The number of likely N-dealkylation sites (tertiary alicyclic amines) is 1. The van der Waals surface area contributed by atoms with E-state index in [0.29, 0.717) is 43.7 Å². The maximum Gasteiger partial charge on any atom is 0.332 e. The second kappa shape index (κ2) is 10.3. The van der Waals surface area contributed by atoms with E-state index in [0.717, 1.165) is 24.1 Å². The number of piperidine rings is 1. The van der Waals surface area contributed by atoms with Gasteiger partial charge in [0.25, 0.3) is 5.91 Å². The van der Waals surface area contributed by atoms with Crippen LogP contribution in [0, 0.1) is 0 Å². The Morgan fingerprint density at radius 2 is 1.92 bits per heavy atom. The number of halogens is 1. The van der Waals surface area contributed by atoms with Gasteiger partial charge >= 0.3 is 6.03 Å². The van der Waals surface area contributed by atoms with Gasteiger partial charge in [0.2, 0.25) is 0 Å². The second-order valence-corrected chi connectivity index (χ2v) is 11.1. The van der Waals surface area contributed by atoms with E-state index >= 15 is 0 Å². The first kappa shape index (κ1) is 24.8. The summed E-state index contributed by atoms with van der Waals surface area (Å²) >= 11 is 4.67. The number of carbonyl (C=O) groups excluding carboxylic acids is 2. The van der Waals surface area contributed by atoms with Gasteiger partial charge in [0.15, 0.2) is 5.82 Å². The third kappa shape index (κ3) is 4.61. The number of nitrogens with one attached hydrogen (secondary N) is 2. The topological polar surface area (TPSA) is 99.7 Å². The molecule has 0 radical (unpaired) electrons. The third-order valence-corrected chi connectivity index (χ3v) is 8.53. The molecule has 2 N–H and O–H groups in total. The van der Waals surface area contributed by atoms with Crippen LogP contribution in [0.3, 0.4) is 0 Å². The van der Waals surface area contributed by atoms with E-state index < -0.39 is 6.03 Å². The highest BCUT2D eigenvalue weighted by atomic mass is 79.9. The standard InChI is InChI=1S/C27H25BrN6O3S/c1-37-20-13-18(9-10-19(20)28)34-24-21-22(32-27(34)36)23(38-26(21)30-15-29-24)25(35)31-17-7-5-16(6-8-17)14-33-11-3-2-4-12-33/h5-10,13,15H,2-4,11-12,14H2,1H3,(H,31,35)(H,32,36). The summed E-state index contributed by atoms with van der Waals surface area (Å²) in [4.78, 5) is 40.3. The van der Waals surface area contributed by atoms with Gasteiger partial charge in [0.05, 0.1) is 28.3 Å². The Bertz CT molecular complexity index is 1530. The van der Waals surface area contributed by atoms with Crippen molar-refractivity contribution in [2.45, 2.75) is 25.8 Å². The fourth-order valence-electron chi connectivity index (χ4n) is 4.91. The Balaban J connectivity index is 1.27. The number of rotatable bonds is 6. The predicted molar refractivity (Wildman–Crippen MR) is 153 cm³/mol. The van der Waals surface area contributed by atoms with Crippen LogP contribution in [-0.2, 0) is 6.54 Å². The average Bonchev–Trinajstić information content (AvgIpc) is 3.30. The van der Waals surface area contributed by atoms with Crippen molar-refractivity contribution in [1.29, 1.82) is 0 Å². The molecule has 38 heavy (non-hydrogen) atoms. The number of nitrogens with zero attached hydrogens (tertiary/aromatic N) is 4. The number of hydrogen-bond donors (Lipinski definition) is 2. The number of amides is 3. The van der Waals surface area contributed by atoms with Crippen LogP contribution in [0.5, 0.6) is 5.75 Å². The molecular formula is C27H25BrN6O3S. The van der Waals surface area contributed by atoms with Crippen molar-refractivity contribution in [3.63, 3.8) is 0 Å². The number of aromatic nitrogens is 2. The molecule has 0 bridgehead atoms. The summed E-state index contributed by atoms with van der Waals surface area (Å²) in [6, 6.07) is 12.9. The van der Waals surface area contributed by atoms with Crippen LogP contribution in [0.25, 0.3) is 10.2 Å². The summed E-state index contributed by atoms with van der Waals surface area (Å²) in [5, 5.41) is 6.49. The highest BCUT2D eigenvalue weighted by Crippen LogP contribution is 2.45. The van der Waals surface area contributed by atoms with E-state index in [-0.39, 0.29) is 5.91 Å². The molecule has 2 aromatic carbocycles. The van der Waals surface area contributed by atoms with Crippen molar-refractivity contribution < 1.29 is 14.3 Å². The van der Waals surface area contributed by atoms with Crippen LogP contribution in [0.15, 0.2) is 53.3 Å². The molecule has 0 atom stereocenters. The minimum absolute atomic E-state index is 0.309. The van der Waals surface area contributed by atoms with Crippen LogP contribution in [0.4, 0.5) is 27.7 Å². The Kier molecular flexibility index (Phi) is 6.73. The summed E-state index contributed by atoms with van der Waals surface area (Å²) in [6.07, 6.45) is 5.22. The molecule has 0 unspecified atom stereocenters. The minimum atomic E-state index is -0.420. The van der Waals surface area contributed by atoms with Crippen molar-refractivity contribution in [1.82, 2.24) is 14.9 Å². The van der Waals surface area contributed by atoms with Gasteiger partial charge in [0.1, 0.15) is 21.8 Å². The van der Waals surface area contributed by atoms with Gasteiger partial charge in [0, 0.05) is 18.3 Å². The molecule has 1 fully saturated rings. The summed E-state index contributed by atoms with van der Waals surface area (Å²) < 4.78 is 6.17. The lowest BCUT2D eigenvalue weighted by Gasteiger charge is -2.27. The summed E-state index contributed by atoms with van der Waals surface area (Å²) in [5.41, 5.74) is 2.91. The zero-order chi connectivity index (χ0) is 26.2. The zero-order valence-corrected chi connectivity index (χ0v) is 23.1. The molecular weight excluding hydrogens is 568 g/mol. The summed E-state index contributed by atoms with van der Waals surface area (Å²) in [5.74, 6) is 0.686. The highest BCUT2D eigenvalue weighted by Gasteiger charge is 2.34. The fourth-order valence-corrected chi connectivity index (χ4v) is 6.31. The first-order chi connectivity index (χ1) is 18.5. The number of benzene rings is 2. The molecule has 11 heteroatoms. The fraction of sp³-hybridized carbons (Fsp3) is 0.259. The van der Waals surface area contributed by atoms with Crippen molar-refractivity contribution in [2.24, 2.45) is 0 Å². The van der Waals surface area contributed by atoms with Crippen molar-refractivity contribution in [2.75, 3.05) is 35.7 Å². The Labute approximate surface area is 232 Å². The van der Waals surface area contributed by atoms with E-state index in [4.69, 9.17) is 4.74 Å². The Hall–Kier alpha value is -3.54. The van der Waals surface area contributed by atoms with E-state index in [1.165, 1.54) is 47.4 Å². The average molecular weight is 594 g/mol. The van der Waals surface area contributed by atoms with Crippen LogP contribution in [0.2, 0.25) is 0 Å². The molecule has 1 saturated heterocycles. The molecule has 2 aliphatic rings. The van der Waals surface area contributed by atoms with Crippen LogP contribution < -0.4 is 20.3 Å². The number of urea groups is 1.